The van der Waals surface area contributed by atoms with E-state index < -0.39 is 43.4 Å². The lowest BCUT2D eigenvalue weighted by Crippen LogP contribution is -2.59. The topological polar surface area (TPSA) is 135 Å². The van der Waals surface area contributed by atoms with Gasteiger partial charge in [0.25, 0.3) is 0 Å². The van der Waals surface area contributed by atoms with Gasteiger partial charge in [0.05, 0.1) is 19.8 Å². The highest BCUT2D eigenvalue weighted by molar-refractivity contribution is 5.69. The third-order valence-corrected chi connectivity index (χ3v) is 13.8. The maximum absolute atomic E-state index is 12.9. The van der Waals surface area contributed by atoms with E-state index in [1.165, 1.54) is 161 Å². The summed E-state index contributed by atoms with van der Waals surface area (Å²) in [5, 5.41) is 40.4. The molecule has 0 aromatic rings. The molecule has 1 saturated heterocycles. The van der Waals surface area contributed by atoms with Crippen LogP contribution in [0.4, 0.5) is 0 Å². The second-order valence-electron chi connectivity index (χ2n) is 20.8. The number of ether oxygens (including phenoxy) is 4. The van der Waals surface area contributed by atoms with Crippen LogP contribution in [-0.4, -0.2) is 89.6 Å². The summed E-state index contributed by atoms with van der Waals surface area (Å²) in [5.41, 5.74) is 0. The fourth-order valence-electron chi connectivity index (χ4n) is 9.08. The number of carbonyl (C=O) groups is 1. The standard InChI is InChI=1S/C65H114O9/c1-3-5-7-9-11-13-15-17-19-21-23-25-27-29-31-33-35-37-39-41-43-45-47-49-51-53-55-71-57-59(58-72-65-64(70)63(69)62(68)60(56-66)74-65)73-61(67)54-52-50-48-46-44-42-40-38-36-34-32-30-28-26-24-22-20-18-16-14-12-10-8-6-4-2/h6,8,12,14-15,17-18,20-21,23-24,26,30,32,59-60,62-66,68-70H,3-5,7,9-11,13,16,19,22,25,27-29,31,33-58H2,1-2H3/b8-6-,14-12-,17-15-,20-18-,23-21-,26-24-,32-30-. The molecule has 6 atom stereocenters. The first kappa shape index (κ1) is 69.4. The molecule has 6 unspecified atom stereocenters. The van der Waals surface area contributed by atoms with Crippen molar-refractivity contribution in [3.63, 3.8) is 0 Å². The van der Waals surface area contributed by atoms with Crippen molar-refractivity contribution in [1.82, 2.24) is 0 Å². The predicted octanol–water partition coefficient (Wildman–Crippen LogP) is 16.5. The van der Waals surface area contributed by atoms with Crippen LogP contribution in [0.5, 0.6) is 0 Å². The molecule has 1 aliphatic rings. The number of esters is 1. The lowest BCUT2D eigenvalue weighted by Gasteiger charge is -2.39. The van der Waals surface area contributed by atoms with E-state index in [4.69, 9.17) is 18.9 Å². The van der Waals surface area contributed by atoms with Crippen LogP contribution in [0.25, 0.3) is 0 Å². The number of carbonyl (C=O) groups excluding carboxylic acids is 1. The molecule has 1 heterocycles. The molecule has 0 aromatic heterocycles. The Morgan fingerprint density at radius 3 is 1.24 bits per heavy atom. The monoisotopic (exact) mass is 1040 g/mol. The van der Waals surface area contributed by atoms with Gasteiger partial charge in [-0.05, 0) is 89.9 Å². The second kappa shape index (κ2) is 55.1. The number of allylic oxidation sites excluding steroid dienone is 14. The van der Waals surface area contributed by atoms with Crippen LogP contribution in [0.15, 0.2) is 85.1 Å². The summed E-state index contributed by atoms with van der Waals surface area (Å²) in [5.74, 6) is -0.320. The van der Waals surface area contributed by atoms with Crippen LogP contribution < -0.4 is 0 Å². The van der Waals surface area contributed by atoms with Crippen molar-refractivity contribution in [2.24, 2.45) is 0 Å². The van der Waals surface area contributed by atoms with Crippen LogP contribution in [-0.2, 0) is 23.7 Å². The normalized spacial score (nSPS) is 19.1. The summed E-state index contributed by atoms with van der Waals surface area (Å²) in [7, 11) is 0. The van der Waals surface area contributed by atoms with Gasteiger partial charge < -0.3 is 39.4 Å². The smallest absolute Gasteiger partial charge is 0.306 e. The second-order valence-corrected chi connectivity index (χ2v) is 20.8. The first-order valence-electron chi connectivity index (χ1n) is 30.7. The molecule has 0 aliphatic carbocycles. The van der Waals surface area contributed by atoms with E-state index in [1.54, 1.807) is 0 Å². The minimum atomic E-state index is -1.54. The molecular weight excluding hydrogens is 925 g/mol. The molecule has 0 saturated carbocycles. The summed E-state index contributed by atoms with van der Waals surface area (Å²) in [6.45, 7) is 4.45. The van der Waals surface area contributed by atoms with Gasteiger partial charge in [-0.25, -0.2) is 0 Å². The lowest BCUT2D eigenvalue weighted by molar-refractivity contribution is -0.305. The Balaban J connectivity index is 2.14. The largest absolute Gasteiger partial charge is 0.457 e. The molecule has 1 rings (SSSR count). The zero-order valence-corrected chi connectivity index (χ0v) is 47.6. The zero-order chi connectivity index (χ0) is 53.5. The molecule has 0 spiro atoms. The Labute approximate surface area is 454 Å². The molecule has 0 radical (unpaired) electrons. The van der Waals surface area contributed by atoms with Crippen LogP contribution in [0.3, 0.4) is 0 Å². The summed E-state index contributed by atoms with van der Waals surface area (Å²) in [6, 6.07) is 0. The summed E-state index contributed by atoms with van der Waals surface area (Å²) >= 11 is 0. The van der Waals surface area contributed by atoms with E-state index in [0.29, 0.717) is 13.0 Å². The third-order valence-electron chi connectivity index (χ3n) is 13.8. The van der Waals surface area contributed by atoms with Gasteiger partial charge in [0.1, 0.15) is 30.5 Å². The Morgan fingerprint density at radius 2 is 0.824 bits per heavy atom. The molecule has 1 fully saturated rings. The number of hydrogen-bond donors (Lipinski definition) is 4. The highest BCUT2D eigenvalue weighted by atomic mass is 16.7. The van der Waals surface area contributed by atoms with Gasteiger partial charge in [-0.1, -0.05) is 247 Å². The molecule has 74 heavy (non-hydrogen) atoms. The highest BCUT2D eigenvalue weighted by Crippen LogP contribution is 2.23. The maximum atomic E-state index is 12.9. The Kier molecular flexibility index (Phi) is 51.7. The Bertz CT molecular complexity index is 1420. The lowest BCUT2D eigenvalue weighted by atomic mass is 9.99. The average molecular weight is 1040 g/mol. The summed E-state index contributed by atoms with van der Waals surface area (Å²) < 4.78 is 23.0. The average Bonchev–Trinajstić information content (AvgIpc) is 3.40. The Hall–Kier alpha value is -2.63. The molecular formula is C65H114O9. The van der Waals surface area contributed by atoms with Crippen molar-refractivity contribution in [2.75, 3.05) is 26.4 Å². The number of hydrogen-bond acceptors (Lipinski definition) is 9. The van der Waals surface area contributed by atoms with E-state index in [9.17, 15) is 25.2 Å². The first-order chi connectivity index (χ1) is 36.4. The summed E-state index contributed by atoms with van der Waals surface area (Å²) in [4.78, 5) is 12.9. The fourth-order valence-corrected chi connectivity index (χ4v) is 9.08. The SMILES string of the molecule is CC/C=C\C/C=C\C/C=C\C/C=C\C/C=C\CCCCCCCCCCCC(=O)OC(COCCCCCCCCCCCCCCCC/C=C\C/C=C\CCCCCCC)COC1OC(CO)C(O)C(O)C1O. The highest BCUT2D eigenvalue weighted by Gasteiger charge is 2.44. The van der Waals surface area contributed by atoms with Crippen molar-refractivity contribution in [2.45, 2.75) is 295 Å². The van der Waals surface area contributed by atoms with Gasteiger partial charge in [0.2, 0.25) is 0 Å². The van der Waals surface area contributed by atoms with Crippen molar-refractivity contribution in [3.05, 3.63) is 85.1 Å². The minimum absolute atomic E-state index is 0.119. The molecule has 0 bridgehead atoms. The molecule has 1 aliphatic heterocycles. The van der Waals surface area contributed by atoms with Gasteiger partial charge >= 0.3 is 5.97 Å². The Morgan fingerprint density at radius 1 is 0.446 bits per heavy atom. The number of unbranched alkanes of at least 4 members (excludes halogenated alkanes) is 28. The van der Waals surface area contributed by atoms with Crippen molar-refractivity contribution in [1.29, 1.82) is 0 Å². The third kappa shape index (κ3) is 44.5. The number of rotatable bonds is 53. The quantitative estimate of drug-likeness (QED) is 0.0267. The first-order valence-corrected chi connectivity index (χ1v) is 30.7. The molecule has 428 valence electrons. The number of aliphatic hydroxyl groups excluding tert-OH is 4. The fraction of sp³-hybridized carbons (Fsp3) is 0.769. The molecule has 0 aromatic carbocycles. The molecule has 9 heteroatoms. The van der Waals surface area contributed by atoms with Gasteiger partial charge in [-0.2, -0.15) is 0 Å². The van der Waals surface area contributed by atoms with E-state index in [0.717, 1.165) is 77.0 Å². The van der Waals surface area contributed by atoms with Gasteiger partial charge in [-0.3, -0.25) is 4.79 Å². The van der Waals surface area contributed by atoms with E-state index in [2.05, 4.69) is 98.9 Å². The van der Waals surface area contributed by atoms with E-state index in [1.807, 2.05) is 0 Å². The van der Waals surface area contributed by atoms with Crippen molar-refractivity contribution < 1.29 is 44.2 Å². The van der Waals surface area contributed by atoms with Gasteiger partial charge in [0, 0.05) is 13.0 Å². The maximum Gasteiger partial charge on any atom is 0.306 e. The summed E-state index contributed by atoms with van der Waals surface area (Å²) in [6.07, 6.45) is 69.2. The van der Waals surface area contributed by atoms with Crippen molar-refractivity contribution in [3.8, 4) is 0 Å². The molecule has 0 amide bonds. The van der Waals surface area contributed by atoms with Gasteiger partial charge in [-0.15, -0.1) is 0 Å². The van der Waals surface area contributed by atoms with Crippen LogP contribution in [0.2, 0.25) is 0 Å². The van der Waals surface area contributed by atoms with Crippen molar-refractivity contribution >= 4 is 5.97 Å². The molecule has 4 N–H and O–H groups in total. The van der Waals surface area contributed by atoms with Crippen LogP contribution in [0, 0.1) is 0 Å². The van der Waals surface area contributed by atoms with E-state index >= 15 is 0 Å². The predicted molar refractivity (Wildman–Crippen MR) is 311 cm³/mol. The van der Waals surface area contributed by atoms with Gasteiger partial charge in [0.15, 0.2) is 6.29 Å². The zero-order valence-electron chi connectivity index (χ0n) is 47.6. The number of aliphatic hydroxyl groups is 4. The molecule has 9 nitrogen and oxygen atoms in total. The minimum Gasteiger partial charge on any atom is -0.457 e. The van der Waals surface area contributed by atoms with Crippen LogP contribution in [0.1, 0.15) is 258 Å². The van der Waals surface area contributed by atoms with Crippen LogP contribution >= 0.6 is 0 Å². The van der Waals surface area contributed by atoms with E-state index in [-0.39, 0.29) is 19.2 Å².